The van der Waals surface area contributed by atoms with Crippen LogP contribution in [0.1, 0.15) is 39.0 Å². The van der Waals surface area contributed by atoms with Gasteiger partial charge in [-0.25, -0.2) is 0 Å². The second-order valence-electron chi connectivity index (χ2n) is 5.91. The van der Waals surface area contributed by atoms with Gasteiger partial charge in [0.2, 0.25) is 0 Å². The van der Waals surface area contributed by atoms with E-state index in [-0.39, 0.29) is 11.9 Å². The van der Waals surface area contributed by atoms with Crippen LogP contribution in [0.3, 0.4) is 0 Å². The van der Waals surface area contributed by atoms with E-state index in [1.165, 1.54) is 37.0 Å². The number of nitrogens with one attached hydrogen (secondary N) is 2. The number of benzene rings is 1. The van der Waals surface area contributed by atoms with E-state index in [1.807, 2.05) is 6.92 Å². The molecule has 0 radical (unpaired) electrons. The van der Waals surface area contributed by atoms with Crippen LogP contribution in [0.15, 0.2) is 18.2 Å². The second kappa shape index (κ2) is 7.48. The predicted octanol–water partition coefficient (Wildman–Crippen LogP) is 3.17. The van der Waals surface area contributed by atoms with Gasteiger partial charge in [-0.05, 0) is 50.8 Å². The van der Waals surface area contributed by atoms with Gasteiger partial charge in [0, 0.05) is 5.02 Å². The summed E-state index contributed by atoms with van der Waals surface area (Å²) in [5, 5.41) is 3.94. The second-order valence-corrected chi connectivity index (χ2v) is 6.76. The lowest BCUT2D eigenvalue weighted by Gasteiger charge is -2.31. The first-order valence-corrected chi connectivity index (χ1v) is 8.34. The van der Waals surface area contributed by atoms with Crippen LogP contribution < -0.4 is 10.2 Å². The van der Waals surface area contributed by atoms with Crippen molar-refractivity contribution in [3.8, 4) is 0 Å². The van der Waals surface area contributed by atoms with Crippen LogP contribution in [0.5, 0.6) is 0 Å². The zero-order valence-corrected chi connectivity index (χ0v) is 14.1. The van der Waals surface area contributed by atoms with Crippen molar-refractivity contribution >= 4 is 34.8 Å². The Bertz CT molecular complexity index is 501. The summed E-state index contributed by atoms with van der Waals surface area (Å²) in [7, 11) is 2.11. The Morgan fingerprint density at radius 1 is 1.29 bits per heavy atom. The van der Waals surface area contributed by atoms with Crippen LogP contribution in [-0.4, -0.2) is 25.0 Å². The molecule has 5 heteroatoms. The molecule has 1 amide bonds. The van der Waals surface area contributed by atoms with Crippen LogP contribution in [0, 0.1) is 0 Å². The largest absolute Gasteiger partial charge is 0.325 e. The monoisotopic (exact) mass is 329 g/mol. The van der Waals surface area contributed by atoms with E-state index in [2.05, 4.69) is 12.4 Å². The van der Waals surface area contributed by atoms with Crippen molar-refractivity contribution in [2.24, 2.45) is 0 Å². The minimum Gasteiger partial charge on any atom is -0.325 e. The molecule has 2 rings (SSSR count). The summed E-state index contributed by atoms with van der Waals surface area (Å²) >= 11 is 12.0. The van der Waals surface area contributed by atoms with E-state index in [9.17, 15) is 4.79 Å². The van der Waals surface area contributed by atoms with Crippen LogP contribution in [0.2, 0.25) is 10.0 Å². The molecule has 2 atom stereocenters. The smallest absolute Gasteiger partial charge is 0.282 e. The summed E-state index contributed by atoms with van der Waals surface area (Å²) in [4.78, 5) is 13.7. The van der Waals surface area contributed by atoms with Gasteiger partial charge in [-0.15, -0.1) is 0 Å². The molecule has 1 saturated carbocycles. The Kier molecular flexibility index (Phi) is 5.91. The normalized spacial score (nSPS) is 19.0. The fraction of sp³-hybridized carbons (Fsp3) is 0.562. The molecule has 1 aliphatic carbocycles. The first kappa shape index (κ1) is 16.6. The minimum atomic E-state index is -0.0974. The molecule has 1 unspecified atom stereocenters. The van der Waals surface area contributed by atoms with Crippen molar-refractivity contribution in [3.63, 3.8) is 0 Å². The van der Waals surface area contributed by atoms with Crippen molar-refractivity contribution in [2.45, 2.75) is 51.1 Å². The van der Waals surface area contributed by atoms with Gasteiger partial charge in [0.05, 0.1) is 23.8 Å². The van der Waals surface area contributed by atoms with Gasteiger partial charge in [-0.2, -0.15) is 0 Å². The van der Waals surface area contributed by atoms with Gasteiger partial charge in [0.15, 0.2) is 6.04 Å². The zero-order chi connectivity index (χ0) is 15.4. The van der Waals surface area contributed by atoms with Crippen LogP contribution in [0.4, 0.5) is 5.69 Å². The Morgan fingerprint density at radius 2 is 1.95 bits per heavy atom. The van der Waals surface area contributed by atoms with E-state index in [1.54, 1.807) is 18.2 Å². The summed E-state index contributed by atoms with van der Waals surface area (Å²) in [6.45, 7) is 1.98. The molecule has 1 aromatic rings. The predicted molar refractivity (Wildman–Crippen MR) is 88.3 cm³/mol. The molecule has 0 saturated heterocycles. The van der Waals surface area contributed by atoms with Gasteiger partial charge >= 0.3 is 0 Å². The number of amides is 1. The Balaban J connectivity index is 1.98. The summed E-state index contributed by atoms with van der Waals surface area (Å²) in [6.07, 6.45) is 6.31. The van der Waals surface area contributed by atoms with E-state index in [0.29, 0.717) is 21.8 Å². The molecule has 0 aliphatic heterocycles. The van der Waals surface area contributed by atoms with Crippen LogP contribution >= 0.6 is 23.2 Å². The number of hydrogen-bond acceptors (Lipinski definition) is 1. The fourth-order valence-electron chi connectivity index (χ4n) is 2.95. The molecule has 0 bridgehead atoms. The topological polar surface area (TPSA) is 33.5 Å². The Labute approximate surface area is 136 Å². The third-order valence-electron chi connectivity index (χ3n) is 4.51. The van der Waals surface area contributed by atoms with Gasteiger partial charge in [0.25, 0.3) is 5.91 Å². The number of halogens is 2. The average molecular weight is 330 g/mol. The maximum absolute atomic E-state index is 12.4. The number of likely N-dealkylation sites (N-methyl/N-ethyl adjacent to an activating group) is 1. The van der Waals surface area contributed by atoms with Crippen LogP contribution in [-0.2, 0) is 4.79 Å². The van der Waals surface area contributed by atoms with Gasteiger partial charge in [0.1, 0.15) is 0 Å². The lowest BCUT2D eigenvalue weighted by molar-refractivity contribution is -0.921. The average Bonchev–Trinajstić information content (AvgIpc) is 2.49. The van der Waals surface area contributed by atoms with Crippen LogP contribution in [0.25, 0.3) is 0 Å². The summed E-state index contributed by atoms with van der Waals surface area (Å²) in [5.41, 5.74) is 0.620. The van der Waals surface area contributed by atoms with E-state index in [4.69, 9.17) is 23.2 Å². The maximum atomic E-state index is 12.4. The maximum Gasteiger partial charge on any atom is 0.282 e. The number of carbonyl (C=O) groups is 1. The highest BCUT2D eigenvalue weighted by atomic mass is 35.5. The third-order valence-corrected chi connectivity index (χ3v) is 5.06. The van der Waals surface area contributed by atoms with Crippen molar-refractivity contribution in [1.82, 2.24) is 0 Å². The highest BCUT2D eigenvalue weighted by Crippen LogP contribution is 2.25. The van der Waals surface area contributed by atoms with E-state index < -0.39 is 0 Å². The highest BCUT2D eigenvalue weighted by Gasteiger charge is 2.30. The summed E-state index contributed by atoms with van der Waals surface area (Å²) in [5.74, 6) is 0.00213. The lowest BCUT2D eigenvalue weighted by Crippen LogP contribution is -3.17. The SMILES string of the molecule is C[C@H](C(=O)Nc1ccc(Cl)cc1Cl)[NH+](C)C1CCCCC1. The quantitative estimate of drug-likeness (QED) is 0.874. The summed E-state index contributed by atoms with van der Waals surface area (Å²) < 4.78 is 0. The molecule has 0 spiro atoms. The molecular weight excluding hydrogens is 307 g/mol. The molecule has 0 heterocycles. The molecule has 1 fully saturated rings. The van der Waals surface area contributed by atoms with Crippen molar-refractivity contribution < 1.29 is 9.69 Å². The zero-order valence-electron chi connectivity index (χ0n) is 12.6. The first-order valence-electron chi connectivity index (χ1n) is 7.58. The molecule has 1 aliphatic rings. The minimum absolute atomic E-state index is 0.00213. The van der Waals surface area contributed by atoms with Gasteiger partial charge in [-0.3, -0.25) is 4.79 Å². The fourth-order valence-corrected chi connectivity index (χ4v) is 3.41. The van der Waals surface area contributed by atoms with Gasteiger partial charge in [-0.1, -0.05) is 29.6 Å². The first-order chi connectivity index (χ1) is 9.99. The third kappa shape index (κ3) is 4.35. The van der Waals surface area contributed by atoms with Crippen molar-refractivity contribution in [2.75, 3.05) is 12.4 Å². The number of rotatable bonds is 4. The van der Waals surface area contributed by atoms with Crippen molar-refractivity contribution in [1.29, 1.82) is 0 Å². The number of anilines is 1. The molecular formula is C16H23Cl2N2O+. The summed E-state index contributed by atoms with van der Waals surface area (Å²) in [6, 6.07) is 5.60. The van der Waals surface area contributed by atoms with Gasteiger partial charge < -0.3 is 10.2 Å². The molecule has 0 aromatic heterocycles. The van der Waals surface area contributed by atoms with Crippen molar-refractivity contribution in [3.05, 3.63) is 28.2 Å². The number of hydrogen-bond donors (Lipinski definition) is 2. The standard InChI is InChI=1S/C16H22Cl2N2O/c1-11(20(2)13-6-4-3-5-7-13)16(21)19-15-9-8-12(17)10-14(15)18/h8-11,13H,3-7H2,1-2H3,(H,19,21)/p+1/t11-/m1/s1. The highest BCUT2D eigenvalue weighted by molar-refractivity contribution is 6.36. The lowest BCUT2D eigenvalue weighted by atomic mass is 9.93. The van der Waals surface area contributed by atoms with E-state index in [0.717, 1.165) is 0 Å². The molecule has 2 N–H and O–H groups in total. The Hall–Kier alpha value is -0.770. The number of quaternary nitrogens is 1. The molecule has 21 heavy (non-hydrogen) atoms. The molecule has 116 valence electrons. The van der Waals surface area contributed by atoms with E-state index >= 15 is 0 Å². The molecule has 3 nitrogen and oxygen atoms in total. The molecule has 1 aromatic carbocycles. The Morgan fingerprint density at radius 3 is 2.57 bits per heavy atom. The number of carbonyl (C=O) groups excluding carboxylic acids is 1.